The topological polar surface area (TPSA) is 37.8 Å². The third-order valence-corrected chi connectivity index (χ3v) is 2.56. The van der Waals surface area contributed by atoms with Gasteiger partial charge in [0.15, 0.2) is 0 Å². The monoisotopic (exact) mass is 231 g/mol. The molecular formula is C13H14FN3. The second-order valence-electron chi connectivity index (χ2n) is 3.79. The third-order valence-electron chi connectivity index (χ3n) is 2.56. The van der Waals surface area contributed by atoms with Crippen LogP contribution in [0.4, 0.5) is 4.39 Å². The van der Waals surface area contributed by atoms with E-state index >= 15 is 0 Å². The normalized spacial score (nSPS) is 12.4. The highest BCUT2D eigenvalue weighted by Crippen LogP contribution is 2.15. The van der Waals surface area contributed by atoms with Gasteiger partial charge < -0.3 is 5.32 Å². The van der Waals surface area contributed by atoms with Crippen molar-refractivity contribution >= 4 is 0 Å². The maximum atomic E-state index is 13.5. The summed E-state index contributed by atoms with van der Waals surface area (Å²) in [5, 5.41) is 3.19. The lowest BCUT2D eigenvalue weighted by Gasteiger charge is -2.14. The molecule has 0 bridgehead atoms. The first-order valence-corrected chi connectivity index (χ1v) is 5.51. The van der Waals surface area contributed by atoms with Crippen LogP contribution in [0.15, 0.2) is 42.7 Å². The summed E-state index contributed by atoms with van der Waals surface area (Å²) in [6.07, 6.45) is 3.38. The van der Waals surface area contributed by atoms with E-state index in [9.17, 15) is 4.39 Å². The summed E-state index contributed by atoms with van der Waals surface area (Å²) in [4.78, 5) is 8.20. The van der Waals surface area contributed by atoms with Crippen LogP contribution in [0.3, 0.4) is 0 Å². The van der Waals surface area contributed by atoms with Crippen molar-refractivity contribution in [3.63, 3.8) is 0 Å². The number of halogens is 1. The first-order valence-electron chi connectivity index (χ1n) is 5.51. The summed E-state index contributed by atoms with van der Waals surface area (Å²) in [5.74, 6) is 0.511. The van der Waals surface area contributed by atoms with Crippen LogP contribution in [0.5, 0.6) is 0 Å². The molecule has 0 spiro atoms. The Balaban J connectivity index is 1.99. The number of aromatic nitrogens is 2. The Labute approximate surface area is 99.7 Å². The number of benzene rings is 1. The van der Waals surface area contributed by atoms with Crippen molar-refractivity contribution in [3.8, 4) is 0 Å². The van der Waals surface area contributed by atoms with Crippen LogP contribution in [0.25, 0.3) is 0 Å². The number of nitrogens with one attached hydrogen (secondary N) is 1. The van der Waals surface area contributed by atoms with Crippen LogP contribution in [0, 0.1) is 5.82 Å². The Kier molecular flexibility index (Phi) is 3.77. The molecule has 0 unspecified atom stereocenters. The Morgan fingerprint density at radius 3 is 2.59 bits per heavy atom. The Morgan fingerprint density at radius 2 is 1.88 bits per heavy atom. The quantitative estimate of drug-likeness (QED) is 0.878. The van der Waals surface area contributed by atoms with Gasteiger partial charge >= 0.3 is 0 Å². The number of nitrogens with zero attached hydrogens (tertiary/aromatic N) is 2. The van der Waals surface area contributed by atoms with Crippen molar-refractivity contribution in [2.45, 2.75) is 19.5 Å². The Morgan fingerprint density at radius 1 is 1.18 bits per heavy atom. The van der Waals surface area contributed by atoms with E-state index in [4.69, 9.17) is 0 Å². The smallest absolute Gasteiger partial charge is 0.141 e. The summed E-state index contributed by atoms with van der Waals surface area (Å²) in [7, 11) is 0. The minimum Gasteiger partial charge on any atom is -0.303 e. The summed E-state index contributed by atoms with van der Waals surface area (Å²) in [5.41, 5.74) is 0.656. The molecule has 0 radical (unpaired) electrons. The molecule has 3 nitrogen and oxygen atoms in total. The summed E-state index contributed by atoms with van der Waals surface area (Å²) >= 11 is 0. The fourth-order valence-corrected chi connectivity index (χ4v) is 1.60. The first-order chi connectivity index (χ1) is 8.27. The molecule has 0 amide bonds. The van der Waals surface area contributed by atoms with E-state index in [1.807, 2.05) is 13.0 Å². The Hall–Kier alpha value is -1.81. The molecule has 0 aliphatic heterocycles. The van der Waals surface area contributed by atoms with E-state index in [2.05, 4.69) is 15.3 Å². The average molecular weight is 231 g/mol. The molecule has 0 saturated carbocycles. The van der Waals surface area contributed by atoms with Crippen molar-refractivity contribution in [1.29, 1.82) is 0 Å². The number of hydrogen-bond acceptors (Lipinski definition) is 3. The van der Waals surface area contributed by atoms with Gasteiger partial charge in [-0.3, -0.25) is 0 Å². The second-order valence-corrected chi connectivity index (χ2v) is 3.79. The van der Waals surface area contributed by atoms with E-state index in [1.54, 1.807) is 30.6 Å². The van der Waals surface area contributed by atoms with Crippen LogP contribution < -0.4 is 5.32 Å². The van der Waals surface area contributed by atoms with Gasteiger partial charge in [-0.15, -0.1) is 0 Å². The largest absolute Gasteiger partial charge is 0.303 e. The standard InChI is InChI=1S/C13H14FN3/c1-10(11-5-2-3-6-12(11)14)17-9-13-15-7-4-8-16-13/h2-8,10,17H,9H2,1H3/t10-/m1/s1. The van der Waals surface area contributed by atoms with Crippen molar-refractivity contribution in [1.82, 2.24) is 15.3 Å². The van der Waals surface area contributed by atoms with Gasteiger partial charge in [-0.2, -0.15) is 0 Å². The van der Waals surface area contributed by atoms with Crippen molar-refractivity contribution in [3.05, 3.63) is 59.9 Å². The van der Waals surface area contributed by atoms with Crippen LogP contribution in [0.2, 0.25) is 0 Å². The molecule has 2 rings (SSSR count). The zero-order chi connectivity index (χ0) is 12.1. The predicted octanol–water partition coefficient (Wildman–Crippen LogP) is 2.47. The lowest BCUT2D eigenvalue weighted by molar-refractivity contribution is 0.520. The average Bonchev–Trinajstić information content (AvgIpc) is 2.38. The highest BCUT2D eigenvalue weighted by molar-refractivity contribution is 5.20. The molecule has 0 fully saturated rings. The summed E-state index contributed by atoms with van der Waals surface area (Å²) < 4.78 is 13.5. The van der Waals surface area contributed by atoms with Gasteiger partial charge in [0.25, 0.3) is 0 Å². The molecule has 0 saturated heterocycles. The molecule has 2 aromatic rings. The van der Waals surface area contributed by atoms with E-state index < -0.39 is 0 Å². The fraction of sp³-hybridized carbons (Fsp3) is 0.231. The van der Waals surface area contributed by atoms with Crippen LogP contribution in [-0.4, -0.2) is 9.97 Å². The van der Waals surface area contributed by atoms with Crippen LogP contribution in [-0.2, 0) is 6.54 Å². The maximum absolute atomic E-state index is 13.5. The lowest BCUT2D eigenvalue weighted by atomic mass is 10.1. The molecule has 1 aromatic carbocycles. The van der Waals surface area contributed by atoms with Gasteiger partial charge in [-0.05, 0) is 19.1 Å². The molecule has 0 aliphatic carbocycles. The van der Waals surface area contributed by atoms with Gasteiger partial charge in [0, 0.05) is 24.0 Å². The maximum Gasteiger partial charge on any atom is 0.141 e. The van der Waals surface area contributed by atoms with Crippen LogP contribution >= 0.6 is 0 Å². The zero-order valence-electron chi connectivity index (χ0n) is 9.60. The molecule has 1 aromatic heterocycles. The second kappa shape index (κ2) is 5.50. The highest BCUT2D eigenvalue weighted by Gasteiger charge is 2.09. The summed E-state index contributed by atoms with van der Waals surface area (Å²) in [6, 6.07) is 8.46. The predicted molar refractivity (Wildman–Crippen MR) is 63.7 cm³/mol. The Bertz CT molecular complexity index is 473. The molecule has 4 heteroatoms. The third kappa shape index (κ3) is 3.07. The fourth-order valence-electron chi connectivity index (χ4n) is 1.60. The van der Waals surface area contributed by atoms with Gasteiger partial charge in [0.1, 0.15) is 11.6 Å². The van der Waals surface area contributed by atoms with Crippen molar-refractivity contribution in [2.24, 2.45) is 0 Å². The SMILES string of the molecule is C[C@@H](NCc1ncccn1)c1ccccc1F. The van der Waals surface area contributed by atoms with Gasteiger partial charge in [0.2, 0.25) is 0 Å². The van der Waals surface area contributed by atoms with E-state index in [0.717, 1.165) is 0 Å². The van der Waals surface area contributed by atoms with Crippen molar-refractivity contribution in [2.75, 3.05) is 0 Å². The molecule has 0 aliphatic rings. The van der Waals surface area contributed by atoms with E-state index in [-0.39, 0.29) is 11.9 Å². The molecule has 17 heavy (non-hydrogen) atoms. The number of rotatable bonds is 4. The van der Waals surface area contributed by atoms with Gasteiger partial charge in [-0.25, -0.2) is 14.4 Å². The van der Waals surface area contributed by atoms with Crippen LogP contribution in [0.1, 0.15) is 24.4 Å². The lowest BCUT2D eigenvalue weighted by Crippen LogP contribution is -2.20. The summed E-state index contributed by atoms with van der Waals surface area (Å²) in [6.45, 7) is 2.44. The van der Waals surface area contributed by atoms with Crippen molar-refractivity contribution < 1.29 is 4.39 Å². The van der Waals surface area contributed by atoms with E-state index in [0.29, 0.717) is 17.9 Å². The van der Waals surface area contributed by atoms with Gasteiger partial charge in [-0.1, -0.05) is 18.2 Å². The highest BCUT2D eigenvalue weighted by atomic mass is 19.1. The number of hydrogen-bond donors (Lipinski definition) is 1. The zero-order valence-corrected chi connectivity index (χ0v) is 9.60. The first kappa shape index (κ1) is 11.7. The molecular weight excluding hydrogens is 217 g/mol. The molecule has 1 heterocycles. The minimum absolute atomic E-state index is 0.0694. The molecule has 1 N–H and O–H groups in total. The van der Waals surface area contributed by atoms with E-state index in [1.165, 1.54) is 6.07 Å². The van der Waals surface area contributed by atoms with Gasteiger partial charge in [0.05, 0.1) is 6.54 Å². The minimum atomic E-state index is -0.193. The molecule has 88 valence electrons. The molecule has 1 atom stereocenters.